The molecule has 0 aliphatic rings. The molecule has 0 bridgehead atoms. The molecule has 0 heterocycles. The van der Waals surface area contributed by atoms with Gasteiger partial charge in [-0.05, 0) is 69.7 Å². The monoisotopic (exact) mass is 383 g/mol. The highest BCUT2D eigenvalue weighted by Crippen LogP contribution is 2.19. The first-order valence-corrected chi connectivity index (χ1v) is 9.71. The summed E-state index contributed by atoms with van der Waals surface area (Å²) < 4.78 is 11.0. The predicted molar refractivity (Wildman–Crippen MR) is 110 cm³/mol. The van der Waals surface area contributed by atoms with Crippen molar-refractivity contribution in [1.29, 1.82) is 0 Å². The summed E-state index contributed by atoms with van der Waals surface area (Å²) in [5.41, 5.74) is 1.58. The topological polar surface area (TPSA) is 64.6 Å². The van der Waals surface area contributed by atoms with Crippen molar-refractivity contribution in [2.75, 3.05) is 6.61 Å². The van der Waals surface area contributed by atoms with E-state index >= 15 is 0 Å². The number of amides is 1. The van der Waals surface area contributed by atoms with E-state index in [2.05, 4.69) is 5.32 Å². The number of ether oxygens (including phenoxy) is 2. The zero-order chi connectivity index (χ0) is 20.5. The van der Waals surface area contributed by atoms with Gasteiger partial charge < -0.3 is 14.8 Å². The van der Waals surface area contributed by atoms with Gasteiger partial charge in [0.25, 0.3) is 0 Å². The molecule has 0 radical (unpaired) electrons. The Morgan fingerprint density at radius 1 is 0.893 bits per heavy atom. The van der Waals surface area contributed by atoms with Crippen LogP contribution in [0.2, 0.25) is 0 Å². The minimum atomic E-state index is -0.144. The number of carbonyl (C=O) groups excluding carboxylic acids is 2. The van der Waals surface area contributed by atoms with Crippen LogP contribution in [0.5, 0.6) is 11.5 Å². The molecule has 0 saturated heterocycles. The largest absolute Gasteiger partial charge is 0.494 e. The highest BCUT2D eigenvalue weighted by Gasteiger charge is 2.13. The third-order valence-electron chi connectivity index (χ3n) is 4.20. The summed E-state index contributed by atoms with van der Waals surface area (Å²) >= 11 is 0. The van der Waals surface area contributed by atoms with Crippen LogP contribution in [0.4, 0.5) is 0 Å². The second-order valence-corrected chi connectivity index (χ2v) is 6.91. The molecule has 5 heteroatoms. The number of hydrogen-bond acceptors (Lipinski definition) is 4. The van der Waals surface area contributed by atoms with Gasteiger partial charge >= 0.3 is 0 Å². The van der Waals surface area contributed by atoms with Crippen LogP contribution in [0.3, 0.4) is 0 Å². The summed E-state index contributed by atoms with van der Waals surface area (Å²) in [5.74, 6) is 1.34. The summed E-state index contributed by atoms with van der Waals surface area (Å²) in [6, 6.07) is 14.5. The molecule has 0 aliphatic heterocycles. The molecule has 0 saturated carbocycles. The quantitative estimate of drug-likeness (QED) is 0.603. The minimum Gasteiger partial charge on any atom is -0.494 e. The van der Waals surface area contributed by atoms with Gasteiger partial charge in [-0.15, -0.1) is 0 Å². The van der Waals surface area contributed by atoms with Crippen molar-refractivity contribution >= 4 is 11.7 Å². The van der Waals surface area contributed by atoms with Crippen LogP contribution < -0.4 is 14.8 Å². The Morgan fingerprint density at radius 3 is 2.07 bits per heavy atom. The van der Waals surface area contributed by atoms with Crippen molar-refractivity contribution in [3.05, 3.63) is 59.7 Å². The van der Waals surface area contributed by atoms with Crippen LogP contribution >= 0.6 is 0 Å². The maximum Gasteiger partial charge on any atom is 0.220 e. The Morgan fingerprint density at radius 2 is 1.50 bits per heavy atom. The van der Waals surface area contributed by atoms with Gasteiger partial charge in [-0.2, -0.15) is 0 Å². The molecule has 5 nitrogen and oxygen atoms in total. The van der Waals surface area contributed by atoms with E-state index in [0.717, 1.165) is 17.1 Å². The fourth-order valence-corrected chi connectivity index (χ4v) is 2.78. The van der Waals surface area contributed by atoms with Crippen molar-refractivity contribution in [3.8, 4) is 11.5 Å². The molecule has 0 fully saturated rings. The maximum absolute atomic E-state index is 12.3. The van der Waals surface area contributed by atoms with Crippen molar-refractivity contribution in [3.63, 3.8) is 0 Å². The highest BCUT2D eigenvalue weighted by atomic mass is 16.5. The van der Waals surface area contributed by atoms with Gasteiger partial charge in [-0.1, -0.05) is 12.1 Å². The Labute approximate surface area is 167 Å². The van der Waals surface area contributed by atoms with Crippen LogP contribution in [0, 0.1) is 0 Å². The molecule has 0 aromatic heterocycles. The average molecular weight is 383 g/mol. The number of ketones is 1. The highest BCUT2D eigenvalue weighted by molar-refractivity contribution is 5.98. The first-order valence-electron chi connectivity index (χ1n) is 9.71. The SMILES string of the molecule is CCOc1ccc(C(=O)CCC(=O)NC(C)c2ccc(OC(C)C)cc2)cc1. The molecule has 1 amide bonds. The molecule has 150 valence electrons. The molecular weight excluding hydrogens is 354 g/mol. The lowest BCUT2D eigenvalue weighted by atomic mass is 10.1. The van der Waals surface area contributed by atoms with Crippen LogP contribution in [0.15, 0.2) is 48.5 Å². The Hall–Kier alpha value is -2.82. The summed E-state index contributed by atoms with van der Waals surface area (Å²) in [5, 5.41) is 2.94. The molecule has 0 spiro atoms. The number of carbonyl (C=O) groups is 2. The van der Waals surface area contributed by atoms with Crippen molar-refractivity contribution < 1.29 is 19.1 Å². The first kappa shape index (κ1) is 21.5. The van der Waals surface area contributed by atoms with E-state index in [0.29, 0.717) is 12.2 Å². The Bertz CT molecular complexity index is 766. The number of hydrogen-bond donors (Lipinski definition) is 1. The molecule has 2 aromatic rings. The molecule has 0 aliphatic carbocycles. The normalized spacial score (nSPS) is 11.8. The van der Waals surface area contributed by atoms with Gasteiger partial charge in [0.15, 0.2) is 5.78 Å². The summed E-state index contributed by atoms with van der Waals surface area (Å²) in [4.78, 5) is 24.5. The summed E-state index contributed by atoms with van der Waals surface area (Å²) in [7, 11) is 0. The van der Waals surface area contributed by atoms with E-state index in [1.807, 2.05) is 52.0 Å². The molecule has 1 unspecified atom stereocenters. The van der Waals surface area contributed by atoms with Crippen molar-refractivity contribution in [2.24, 2.45) is 0 Å². The molecule has 1 N–H and O–H groups in total. The van der Waals surface area contributed by atoms with E-state index in [9.17, 15) is 9.59 Å². The van der Waals surface area contributed by atoms with Crippen LogP contribution in [0.25, 0.3) is 0 Å². The Balaban J connectivity index is 1.81. The number of benzene rings is 2. The van der Waals surface area contributed by atoms with Crippen molar-refractivity contribution in [1.82, 2.24) is 5.32 Å². The van der Waals surface area contributed by atoms with Gasteiger partial charge in [-0.25, -0.2) is 0 Å². The number of rotatable bonds is 10. The lowest BCUT2D eigenvalue weighted by Gasteiger charge is -2.16. The second kappa shape index (κ2) is 10.5. The maximum atomic E-state index is 12.3. The first-order chi connectivity index (χ1) is 13.4. The van der Waals surface area contributed by atoms with Gasteiger partial charge in [-0.3, -0.25) is 9.59 Å². The number of Topliss-reactive ketones (excluding diaryl/α,β-unsaturated/α-hetero) is 1. The number of nitrogens with one attached hydrogen (secondary N) is 1. The van der Waals surface area contributed by atoms with Gasteiger partial charge in [0.2, 0.25) is 5.91 Å². The fraction of sp³-hybridized carbons (Fsp3) is 0.391. The standard InChI is InChI=1S/C23H29NO4/c1-5-27-20-10-8-19(9-11-20)22(25)14-15-23(26)24-17(4)18-6-12-21(13-7-18)28-16(2)3/h6-13,16-17H,5,14-15H2,1-4H3,(H,24,26). The van der Waals surface area contributed by atoms with Crippen molar-refractivity contribution in [2.45, 2.75) is 52.7 Å². The zero-order valence-corrected chi connectivity index (χ0v) is 17.0. The lowest BCUT2D eigenvalue weighted by Crippen LogP contribution is -2.26. The van der Waals surface area contributed by atoms with E-state index in [-0.39, 0.29) is 36.7 Å². The summed E-state index contributed by atoms with van der Waals surface area (Å²) in [6.07, 6.45) is 0.453. The van der Waals surface area contributed by atoms with Crippen LogP contribution in [0.1, 0.15) is 62.5 Å². The van der Waals surface area contributed by atoms with E-state index in [1.54, 1.807) is 24.3 Å². The van der Waals surface area contributed by atoms with Crippen LogP contribution in [-0.4, -0.2) is 24.4 Å². The van der Waals surface area contributed by atoms with Gasteiger partial charge in [0.1, 0.15) is 11.5 Å². The predicted octanol–water partition coefficient (Wildman–Crippen LogP) is 4.71. The molecular formula is C23H29NO4. The molecule has 1 atom stereocenters. The smallest absolute Gasteiger partial charge is 0.220 e. The molecule has 2 aromatic carbocycles. The zero-order valence-electron chi connectivity index (χ0n) is 17.0. The van der Waals surface area contributed by atoms with Gasteiger partial charge in [0, 0.05) is 18.4 Å². The summed E-state index contributed by atoms with van der Waals surface area (Å²) in [6.45, 7) is 8.37. The lowest BCUT2D eigenvalue weighted by molar-refractivity contribution is -0.121. The molecule has 28 heavy (non-hydrogen) atoms. The second-order valence-electron chi connectivity index (χ2n) is 6.91. The molecule has 2 rings (SSSR count). The van der Waals surface area contributed by atoms with Gasteiger partial charge in [0.05, 0.1) is 18.8 Å². The fourth-order valence-electron chi connectivity index (χ4n) is 2.78. The minimum absolute atomic E-state index is 0.0546. The van der Waals surface area contributed by atoms with E-state index in [1.165, 1.54) is 0 Å². The third kappa shape index (κ3) is 6.72. The third-order valence-corrected chi connectivity index (χ3v) is 4.20. The van der Waals surface area contributed by atoms with Crippen LogP contribution in [-0.2, 0) is 4.79 Å². The van der Waals surface area contributed by atoms with E-state index in [4.69, 9.17) is 9.47 Å². The van der Waals surface area contributed by atoms with E-state index < -0.39 is 0 Å². The average Bonchev–Trinajstić information content (AvgIpc) is 2.67. The Kier molecular flexibility index (Phi) is 8.05.